The van der Waals surface area contributed by atoms with Gasteiger partial charge in [-0.3, -0.25) is 0 Å². The van der Waals surface area contributed by atoms with Crippen molar-refractivity contribution in [3.8, 4) is 11.5 Å². The first-order chi connectivity index (χ1) is 13.5. The summed E-state index contributed by atoms with van der Waals surface area (Å²) in [5.74, 6) is 0.584. The standard InChI is InChI=1S/C26H27FO/c1-4-20-12-15-22(16-13-20)26(2,3)18-8-9-21-14-17-24(27)25(19-21)28-23-10-6-5-7-11-23/h4-7,10-17,19H,1,8-9,18H2,2-3H3. The quantitative estimate of drug-likeness (QED) is 0.395. The molecule has 0 N–H and O–H groups in total. The largest absolute Gasteiger partial charge is 0.454 e. The number of para-hydroxylation sites is 1. The molecule has 1 nitrogen and oxygen atoms in total. The Kier molecular flexibility index (Phi) is 6.30. The van der Waals surface area contributed by atoms with Crippen molar-refractivity contribution in [3.63, 3.8) is 0 Å². The second-order valence-corrected chi connectivity index (χ2v) is 7.74. The van der Waals surface area contributed by atoms with Gasteiger partial charge in [-0.05, 0) is 65.6 Å². The maximum atomic E-state index is 14.1. The number of rotatable bonds is 8. The lowest BCUT2D eigenvalue weighted by Gasteiger charge is -2.25. The highest BCUT2D eigenvalue weighted by Crippen LogP contribution is 2.30. The molecular weight excluding hydrogens is 347 g/mol. The van der Waals surface area contributed by atoms with Crippen molar-refractivity contribution in [2.45, 2.75) is 38.5 Å². The predicted molar refractivity (Wildman–Crippen MR) is 115 cm³/mol. The van der Waals surface area contributed by atoms with E-state index in [1.54, 1.807) is 0 Å². The van der Waals surface area contributed by atoms with Gasteiger partial charge in [0.2, 0.25) is 0 Å². The van der Waals surface area contributed by atoms with Gasteiger partial charge in [0, 0.05) is 0 Å². The van der Waals surface area contributed by atoms with Gasteiger partial charge in [-0.25, -0.2) is 4.39 Å². The Morgan fingerprint density at radius 1 is 0.964 bits per heavy atom. The highest BCUT2D eigenvalue weighted by Gasteiger charge is 2.20. The van der Waals surface area contributed by atoms with E-state index in [4.69, 9.17) is 4.74 Å². The molecule has 3 aromatic rings. The van der Waals surface area contributed by atoms with E-state index in [2.05, 4.69) is 44.7 Å². The summed E-state index contributed by atoms with van der Waals surface area (Å²) in [6.45, 7) is 8.35. The topological polar surface area (TPSA) is 9.23 Å². The van der Waals surface area contributed by atoms with E-state index in [-0.39, 0.29) is 17.0 Å². The SMILES string of the molecule is C=Cc1ccc(C(C)(C)CCCc2ccc(F)c(Oc3ccccc3)c2)cc1. The van der Waals surface area contributed by atoms with Gasteiger partial charge < -0.3 is 4.74 Å². The Morgan fingerprint density at radius 3 is 2.36 bits per heavy atom. The van der Waals surface area contributed by atoms with Gasteiger partial charge in [0.1, 0.15) is 5.75 Å². The predicted octanol–water partition coefficient (Wildman–Crippen LogP) is 7.56. The third-order valence-corrected chi connectivity index (χ3v) is 5.16. The molecule has 0 atom stereocenters. The van der Waals surface area contributed by atoms with E-state index in [1.807, 2.05) is 48.5 Å². The molecule has 0 radical (unpaired) electrons. The Bertz CT molecular complexity index is 911. The van der Waals surface area contributed by atoms with Crippen LogP contribution in [0.1, 0.15) is 43.4 Å². The van der Waals surface area contributed by atoms with Crippen molar-refractivity contribution in [3.05, 3.63) is 102 Å². The average Bonchev–Trinajstić information content (AvgIpc) is 2.71. The molecule has 0 aromatic heterocycles. The maximum absolute atomic E-state index is 14.1. The number of halogens is 1. The Morgan fingerprint density at radius 2 is 1.68 bits per heavy atom. The van der Waals surface area contributed by atoms with E-state index in [0.29, 0.717) is 5.75 Å². The smallest absolute Gasteiger partial charge is 0.165 e. The minimum Gasteiger partial charge on any atom is -0.454 e. The van der Waals surface area contributed by atoms with Crippen LogP contribution in [0, 0.1) is 5.82 Å². The zero-order chi connectivity index (χ0) is 20.0. The minimum atomic E-state index is -0.338. The molecule has 0 unspecified atom stereocenters. The molecular formula is C26H27FO. The first-order valence-corrected chi connectivity index (χ1v) is 9.72. The molecule has 0 bridgehead atoms. The summed E-state index contributed by atoms with van der Waals surface area (Å²) in [6, 6.07) is 23.0. The zero-order valence-electron chi connectivity index (χ0n) is 16.6. The Hall–Kier alpha value is -2.87. The lowest BCUT2D eigenvalue weighted by Crippen LogP contribution is -2.17. The highest BCUT2D eigenvalue weighted by molar-refractivity contribution is 5.48. The zero-order valence-corrected chi connectivity index (χ0v) is 16.6. The molecule has 3 rings (SSSR count). The molecule has 0 aliphatic carbocycles. The van der Waals surface area contributed by atoms with Crippen molar-refractivity contribution >= 4 is 6.08 Å². The lowest BCUT2D eigenvalue weighted by atomic mass is 9.79. The van der Waals surface area contributed by atoms with E-state index in [9.17, 15) is 4.39 Å². The minimum absolute atomic E-state index is 0.0864. The molecule has 0 amide bonds. The van der Waals surface area contributed by atoms with Crippen LogP contribution in [0.5, 0.6) is 11.5 Å². The maximum Gasteiger partial charge on any atom is 0.165 e. The summed E-state index contributed by atoms with van der Waals surface area (Å²) in [4.78, 5) is 0. The average molecular weight is 374 g/mol. The number of aryl methyl sites for hydroxylation is 1. The monoisotopic (exact) mass is 374 g/mol. The van der Waals surface area contributed by atoms with Crippen molar-refractivity contribution in [2.24, 2.45) is 0 Å². The van der Waals surface area contributed by atoms with Crippen LogP contribution in [0.25, 0.3) is 6.08 Å². The molecule has 2 heteroatoms. The van der Waals surface area contributed by atoms with Crippen LogP contribution in [0.4, 0.5) is 4.39 Å². The Labute approximate surface area is 167 Å². The van der Waals surface area contributed by atoms with Gasteiger partial charge >= 0.3 is 0 Å². The molecule has 0 aliphatic heterocycles. The molecule has 0 saturated carbocycles. The second kappa shape index (κ2) is 8.88. The summed E-state index contributed by atoms with van der Waals surface area (Å²) in [5, 5.41) is 0. The van der Waals surface area contributed by atoms with Gasteiger partial charge in [0.05, 0.1) is 0 Å². The number of ether oxygens (including phenoxy) is 1. The summed E-state index contributed by atoms with van der Waals surface area (Å²) in [7, 11) is 0. The van der Waals surface area contributed by atoms with Crippen LogP contribution in [-0.2, 0) is 11.8 Å². The van der Waals surface area contributed by atoms with Crippen LogP contribution in [0.3, 0.4) is 0 Å². The molecule has 144 valence electrons. The van der Waals surface area contributed by atoms with Crippen LogP contribution in [0.2, 0.25) is 0 Å². The van der Waals surface area contributed by atoms with Crippen molar-refractivity contribution < 1.29 is 9.13 Å². The van der Waals surface area contributed by atoms with Gasteiger partial charge in [0.15, 0.2) is 11.6 Å². The van der Waals surface area contributed by atoms with Crippen LogP contribution < -0.4 is 4.74 Å². The van der Waals surface area contributed by atoms with Crippen LogP contribution in [-0.4, -0.2) is 0 Å². The summed E-state index contributed by atoms with van der Waals surface area (Å²) < 4.78 is 19.8. The van der Waals surface area contributed by atoms with Crippen molar-refractivity contribution in [2.75, 3.05) is 0 Å². The molecule has 0 heterocycles. The number of hydrogen-bond donors (Lipinski definition) is 0. The van der Waals surface area contributed by atoms with Crippen molar-refractivity contribution in [1.29, 1.82) is 0 Å². The first-order valence-electron chi connectivity index (χ1n) is 9.72. The van der Waals surface area contributed by atoms with Gasteiger partial charge in [-0.2, -0.15) is 0 Å². The molecule has 0 fully saturated rings. The molecule has 3 aromatic carbocycles. The van der Waals surface area contributed by atoms with Crippen LogP contribution >= 0.6 is 0 Å². The fourth-order valence-electron chi connectivity index (χ4n) is 3.35. The molecule has 28 heavy (non-hydrogen) atoms. The van der Waals surface area contributed by atoms with E-state index >= 15 is 0 Å². The summed E-state index contributed by atoms with van der Waals surface area (Å²) in [6.07, 6.45) is 4.82. The third kappa shape index (κ3) is 5.10. The first kappa shape index (κ1) is 19.9. The van der Waals surface area contributed by atoms with Crippen LogP contribution in [0.15, 0.2) is 79.4 Å². The highest BCUT2D eigenvalue weighted by atomic mass is 19.1. The Balaban J connectivity index is 1.62. The number of benzene rings is 3. The lowest BCUT2D eigenvalue weighted by molar-refractivity contribution is 0.439. The van der Waals surface area contributed by atoms with E-state index in [1.165, 1.54) is 11.6 Å². The summed E-state index contributed by atoms with van der Waals surface area (Å²) >= 11 is 0. The van der Waals surface area contributed by atoms with E-state index < -0.39 is 0 Å². The second-order valence-electron chi connectivity index (χ2n) is 7.74. The molecule has 0 aliphatic rings. The molecule has 0 saturated heterocycles. The van der Waals surface area contributed by atoms with Gasteiger partial charge in [-0.15, -0.1) is 0 Å². The van der Waals surface area contributed by atoms with Gasteiger partial charge in [0.25, 0.3) is 0 Å². The van der Waals surface area contributed by atoms with Gasteiger partial charge in [-0.1, -0.05) is 75.0 Å². The fourth-order valence-corrected chi connectivity index (χ4v) is 3.35. The fraction of sp³-hybridized carbons (Fsp3) is 0.231. The van der Waals surface area contributed by atoms with E-state index in [0.717, 1.165) is 30.4 Å². The van der Waals surface area contributed by atoms with Crippen molar-refractivity contribution in [1.82, 2.24) is 0 Å². The number of hydrogen-bond acceptors (Lipinski definition) is 1. The summed E-state index contributed by atoms with van der Waals surface area (Å²) in [5.41, 5.74) is 3.63. The normalized spacial score (nSPS) is 11.2. The third-order valence-electron chi connectivity index (χ3n) is 5.16. The molecule has 0 spiro atoms.